The molecule has 1 atom stereocenters. The van der Waals surface area contributed by atoms with E-state index in [4.69, 9.17) is 5.11 Å². The maximum Gasteiger partial charge on any atom is 0.139 e. The molecule has 4 heteroatoms. The third kappa shape index (κ3) is 3.32. The van der Waals surface area contributed by atoms with Crippen molar-refractivity contribution < 1.29 is 9.50 Å². The van der Waals surface area contributed by atoms with Gasteiger partial charge in [-0.25, -0.2) is 4.39 Å². The minimum atomic E-state index is -0.438. The predicted molar refractivity (Wildman–Crippen MR) is 54.3 cm³/mol. The first kappa shape index (κ1) is 10.5. The highest BCUT2D eigenvalue weighted by Crippen LogP contribution is 2.19. The number of benzene rings is 1. The highest BCUT2D eigenvalue weighted by molar-refractivity contribution is 9.10. The average molecular weight is 248 g/mol. The van der Waals surface area contributed by atoms with Crippen molar-refractivity contribution in [3.05, 3.63) is 28.5 Å². The van der Waals surface area contributed by atoms with Crippen molar-refractivity contribution >= 4 is 21.6 Å². The molecule has 0 spiro atoms. The summed E-state index contributed by atoms with van der Waals surface area (Å²) in [6.45, 7) is 2.09. The van der Waals surface area contributed by atoms with Crippen LogP contribution in [0.5, 0.6) is 0 Å². The van der Waals surface area contributed by atoms with E-state index in [9.17, 15) is 4.39 Å². The molecule has 72 valence electrons. The van der Waals surface area contributed by atoms with Crippen molar-refractivity contribution in [2.45, 2.75) is 13.0 Å². The third-order valence-electron chi connectivity index (χ3n) is 1.52. The van der Waals surface area contributed by atoms with Crippen LogP contribution in [0.25, 0.3) is 0 Å². The van der Waals surface area contributed by atoms with E-state index in [0.717, 1.165) is 0 Å². The minimum absolute atomic E-state index is 0.310. The Morgan fingerprint density at radius 3 is 2.85 bits per heavy atom. The zero-order valence-electron chi connectivity index (χ0n) is 7.22. The second-order valence-corrected chi connectivity index (χ2v) is 3.71. The van der Waals surface area contributed by atoms with Crippen LogP contribution >= 0.6 is 15.9 Å². The van der Waals surface area contributed by atoms with Crippen LogP contribution in [0, 0.1) is 5.82 Å². The molecule has 0 radical (unpaired) electrons. The summed E-state index contributed by atoms with van der Waals surface area (Å²) >= 11 is 3.06. The Bertz CT molecular complexity index is 291. The first-order chi connectivity index (χ1) is 6.09. The van der Waals surface area contributed by atoms with Gasteiger partial charge in [-0.05, 0) is 41.1 Å². The topological polar surface area (TPSA) is 32.3 Å². The summed E-state index contributed by atoms with van der Waals surface area (Å²) in [6, 6.07) is 4.75. The standard InChI is InChI=1S/C9H11BrFNO/c1-6(13)5-12-7-2-3-8(10)9(11)4-7/h2-4,6,12-13H,5H2,1H3/t6-/m1/s1. The summed E-state index contributed by atoms with van der Waals surface area (Å²) in [5.41, 5.74) is 0.668. The first-order valence-corrected chi connectivity index (χ1v) is 4.76. The van der Waals surface area contributed by atoms with Gasteiger partial charge in [-0.1, -0.05) is 0 Å². The Morgan fingerprint density at radius 1 is 1.62 bits per heavy atom. The van der Waals surface area contributed by atoms with Crippen LogP contribution in [0.3, 0.4) is 0 Å². The van der Waals surface area contributed by atoms with Crippen molar-refractivity contribution in [1.29, 1.82) is 0 Å². The number of rotatable bonds is 3. The summed E-state index contributed by atoms with van der Waals surface area (Å²) in [7, 11) is 0. The zero-order chi connectivity index (χ0) is 9.84. The molecular weight excluding hydrogens is 237 g/mol. The van der Waals surface area contributed by atoms with E-state index in [2.05, 4.69) is 21.2 Å². The normalized spacial score (nSPS) is 12.6. The monoisotopic (exact) mass is 247 g/mol. The molecule has 0 fully saturated rings. The molecule has 2 nitrogen and oxygen atoms in total. The molecule has 0 amide bonds. The predicted octanol–water partition coefficient (Wildman–Crippen LogP) is 2.38. The van der Waals surface area contributed by atoms with Crippen molar-refractivity contribution in [3.8, 4) is 0 Å². The lowest BCUT2D eigenvalue weighted by Crippen LogP contribution is -2.15. The zero-order valence-corrected chi connectivity index (χ0v) is 8.81. The molecule has 1 aromatic carbocycles. The van der Waals surface area contributed by atoms with Gasteiger partial charge in [0.1, 0.15) is 5.82 Å². The van der Waals surface area contributed by atoms with Gasteiger partial charge in [-0.3, -0.25) is 0 Å². The lowest BCUT2D eigenvalue weighted by atomic mass is 10.3. The number of halogens is 2. The summed E-state index contributed by atoms with van der Waals surface area (Å²) in [5, 5.41) is 11.9. The molecule has 0 aliphatic heterocycles. The van der Waals surface area contributed by atoms with Gasteiger partial charge in [0.25, 0.3) is 0 Å². The largest absolute Gasteiger partial charge is 0.392 e. The van der Waals surface area contributed by atoms with Gasteiger partial charge in [-0.2, -0.15) is 0 Å². The number of hydrogen-bond acceptors (Lipinski definition) is 2. The molecule has 2 N–H and O–H groups in total. The van der Waals surface area contributed by atoms with Crippen molar-refractivity contribution in [1.82, 2.24) is 0 Å². The molecule has 0 aliphatic carbocycles. The quantitative estimate of drug-likeness (QED) is 0.860. The van der Waals surface area contributed by atoms with Gasteiger partial charge in [-0.15, -0.1) is 0 Å². The molecule has 13 heavy (non-hydrogen) atoms. The molecule has 0 aromatic heterocycles. The fraction of sp³-hybridized carbons (Fsp3) is 0.333. The Labute approximate surface area is 84.9 Å². The number of aliphatic hydroxyl groups excluding tert-OH is 1. The van der Waals surface area contributed by atoms with Crippen LogP contribution in [0.1, 0.15) is 6.92 Å². The van der Waals surface area contributed by atoms with E-state index in [0.29, 0.717) is 16.7 Å². The molecule has 1 rings (SSSR count). The summed E-state index contributed by atoms with van der Waals surface area (Å²) in [5.74, 6) is -0.310. The molecule has 1 aromatic rings. The van der Waals surface area contributed by atoms with E-state index >= 15 is 0 Å². The second-order valence-electron chi connectivity index (χ2n) is 2.86. The molecule has 0 saturated heterocycles. The number of anilines is 1. The molecule has 0 bridgehead atoms. The van der Waals surface area contributed by atoms with Gasteiger partial charge in [0.15, 0.2) is 0 Å². The summed E-state index contributed by atoms with van der Waals surface area (Å²) < 4.78 is 13.4. The van der Waals surface area contributed by atoms with Gasteiger partial charge in [0, 0.05) is 12.2 Å². The van der Waals surface area contributed by atoms with Crippen LogP contribution in [0.2, 0.25) is 0 Å². The smallest absolute Gasteiger partial charge is 0.139 e. The molecule has 0 heterocycles. The third-order valence-corrected chi connectivity index (χ3v) is 2.16. The van der Waals surface area contributed by atoms with Gasteiger partial charge in [0.05, 0.1) is 10.6 Å². The SMILES string of the molecule is C[C@@H](O)CNc1ccc(Br)c(F)c1. The van der Waals surface area contributed by atoms with Crippen LogP contribution in [-0.2, 0) is 0 Å². The number of hydrogen-bond donors (Lipinski definition) is 2. The van der Waals surface area contributed by atoms with E-state index < -0.39 is 6.10 Å². The molecule has 0 saturated carbocycles. The van der Waals surface area contributed by atoms with Crippen LogP contribution in [0.15, 0.2) is 22.7 Å². The van der Waals surface area contributed by atoms with E-state index in [-0.39, 0.29) is 5.82 Å². The Kier molecular flexibility index (Phi) is 3.69. The van der Waals surface area contributed by atoms with Crippen LogP contribution in [0.4, 0.5) is 10.1 Å². The number of aliphatic hydroxyl groups is 1. The highest BCUT2D eigenvalue weighted by Gasteiger charge is 2.00. The van der Waals surface area contributed by atoms with Crippen molar-refractivity contribution in [2.75, 3.05) is 11.9 Å². The Hall–Kier alpha value is -0.610. The lowest BCUT2D eigenvalue weighted by Gasteiger charge is -2.08. The van der Waals surface area contributed by atoms with E-state index in [1.54, 1.807) is 19.1 Å². The van der Waals surface area contributed by atoms with Crippen LogP contribution in [-0.4, -0.2) is 17.8 Å². The van der Waals surface area contributed by atoms with Crippen LogP contribution < -0.4 is 5.32 Å². The number of nitrogens with one attached hydrogen (secondary N) is 1. The fourth-order valence-electron chi connectivity index (χ4n) is 0.872. The Morgan fingerprint density at radius 2 is 2.31 bits per heavy atom. The maximum absolute atomic E-state index is 13.0. The second kappa shape index (κ2) is 4.58. The lowest BCUT2D eigenvalue weighted by molar-refractivity contribution is 0.208. The highest BCUT2D eigenvalue weighted by atomic mass is 79.9. The maximum atomic E-state index is 13.0. The van der Waals surface area contributed by atoms with E-state index in [1.807, 2.05) is 0 Å². The van der Waals surface area contributed by atoms with E-state index in [1.165, 1.54) is 6.07 Å². The molecule has 0 unspecified atom stereocenters. The van der Waals surface area contributed by atoms with Crippen molar-refractivity contribution in [3.63, 3.8) is 0 Å². The fourth-order valence-corrected chi connectivity index (χ4v) is 1.12. The average Bonchev–Trinajstić information content (AvgIpc) is 2.07. The van der Waals surface area contributed by atoms with Crippen molar-refractivity contribution in [2.24, 2.45) is 0 Å². The summed E-state index contributed by atoms with van der Waals surface area (Å²) in [4.78, 5) is 0. The molecular formula is C9H11BrFNO. The summed E-state index contributed by atoms with van der Waals surface area (Å²) in [6.07, 6.45) is -0.438. The molecule has 0 aliphatic rings. The van der Waals surface area contributed by atoms with Gasteiger partial charge in [0.2, 0.25) is 0 Å². The first-order valence-electron chi connectivity index (χ1n) is 3.96. The van der Waals surface area contributed by atoms with Gasteiger partial charge >= 0.3 is 0 Å². The minimum Gasteiger partial charge on any atom is -0.392 e. The van der Waals surface area contributed by atoms with Gasteiger partial charge < -0.3 is 10.4 Å². The Balaban J connectivity index is 2.63.